The number of fused-ring (bicyclic) bond motifs is 1. The lowest BCUT2D eigenvalue weighted by molar-refractivity contribution is -0.108. The van der Waals surface area contributed by atoms with Crippen molar-refractivity contribution < 1.29 is 4.79 Å². The molecule has 3 rings (SSSR count). The van der Waals surface area contributed by atoms with Crippen LogP contribution in [0.3, 0.4) is 0 Å². The number of nitrogens with zero attached hydrogens (tertiary/aromatic N) is 3. The van der Waals surface area contributed by atoms with Gasteiger partial charge in [0.05, 0.1) is 12.1 Å². The summed E-state index contributed by atoms with van der Waals surface area (Å²) >= 11 is 0. The molecule has 0 aliphatic heterocycles. The van der Waals surface area contributed by atoms with Crippen molar-refractivity contribution in [3.63, 3.8) is 0 Å². The number of hydrogen-bond donors (Lipinski definition) is 0. The molecule has 0 spiro atoms. The van der Waals surface area contributed by atoms with Gasteiger partial charge in [-0.2, -0.15) is 0 Å². The highest BCUT2D eigenvalue weighted by molar-refractivity contribution is 5.72. The van der Waals surface area contributed by atoms with E-state index in [1.54, 1.807) is 16.8 Å². The molecule has 0 bridgehead atoms. The number of hydrogen-bond acceptors (Lipinski definition) is 3. The average molecular weight is 259 g/mol. The van der Waals surface area contributed by atoms with E-state index in [0.717, 1.165) is 37.5 Å². The molecule has 100 valence electrons. The summed E-state index contributed by atoms with van der Waals surface area (Å²) < 4.78 is 3.31. The molecule has 0 atom stereocenters. The lowest BCUT2D eigenvalue weighted by atomic mass is 9.95. The van der Waals surface area contributed by atoms with Crippen LogP contribution in [0.15, 0.2) is 23.1 Å². The third kappa shape index (κ3) is 1.99. The van der Waals surface area contributed by atoms with Crippen molar-refractivity contribution in [3.05, 3.63) is 28.8 Å². The molecule has 0 unspecified atom stereocenters. The number of aromatic nitrogens is 3. The van der Waals surface area contributed by atoms with Gasteiger partial charge in [-0.15, -0.1) is 0 Å². The van der Waals surface area contributed by atoms with Gasteiger partial charge in [-0.25, -0.2) is 9.78 Å². The molecule has 2 aromatic rings. The van der Waals surface area contributed by atoms with Gasteiger partial charge >= 0.3 is 5.69 Å². The Morgan fingerprint density at radius 3 is 2.84 bits per heavy atom. The average Bonchev–Trinajstić information content (AvgIpc) is 2.73. The quantitative estimate of drug-likeness (QED) is 0.791. The van der Waals surface area contributed by atoms with Gasteiger partial charge in [-0.3, -0.25) is 9.13 Å². The Labute approximate surface area is 110 Å². The van der Waals surface area contributed by atoms with E-state index in [2.05, 4.69) is 4.98 Å². The maximum atomic E-state index is 12.5. The van der Waals surface area contributed by atoms with E-state index in [1.807, 2.05) is 6.07 Å². The van der Waals surface area contributed by atoms with Crippen molar-refractivity contribution in [2.24, 2.45) is 0 Å². The van der Waals surface area contributed by atoms with Crippen molar-refractivity contribution in [2.45, 2.75) is 44.7 Å². The Balaban J connectivity index is 2.20. The fourth-order valence-electron chi connectivity index (χ4n) is 3.03. The van der Waals surface area contributed by atoms with Crippen LogP contribution in [0.25, 0.3) is 11.2 Å². The third-order valence-corrected chi connectivity index (χ3v) is 3.92. The lowest BCUT2D eigenvalue weighted by Crippen LogP contribution is -2.29. The van der Waals surface area contributed by atoms with E-state index in [1.165, 1.54) is 11.0 Å². The standard InChI is InChI=1S/C14H17N3O2/c18-10-9-16-12-7-4-8-15-13(12)17(14(16)19)11-5-2-1-3-6-11/h4,7-8,10-11H,1-3,5-6,9H2. The van der Waals surface area contributed by atoms with E-state index in [9.17, 15) is 9.59 Å². The molecular weight excluding hydrogens is 242 g/mol. The highest BCUT2D eigenvalue weighted by atomic mass is 16.2. The van der Waals surface area contributed by atoms with E-state index >= 15 is 0 Å². The highest BCUT2D eigenvalue weighted by Gasteiger charge is 2.22. The van der Waals surface area contributed by atoms with Crippen molar-refractivity contribution in [1.82, 2.24) is 14.1 Å². The molecule has 1 aliphatic rings. The predicted octanol–water partition coefficient (Wildman–Crippen LogP) is 1.90. The Bertz CT molecular complexity index is 650. The zero-order valence-corrected chi connectivity index (χ0v) is 10.8. The maximum Gasteiger partial charge on any atom is 0.330 e. The first kappa shape index (κ1) is 12.1. The summed E-state index contributed by atoms with van der Waals surface area (Å²) in [6.07, 6.45) is 8.07. The first-order valence-electron chi connectivity index (χ1n) is 6.82. The number of carbonyl (C=O) groups is 1. The van der Waals surface area contributed by atoms with Crippen LogP contribution in [-0.4, -0.2) is 20.4 Å². The topological polar surface area (TPSA) is 56.9 Å². The number of rotatable bonds is 3. The zero-order chi connectivity index (χ0) is 13.2. The van der Waals surface area contributed by atoms with Gasteiger partial charge in [-0.1, -0.05) is 19.3 Å². The van der Waals surface area contributed by atoms with Gasteiger partial charge in [-0.05, 0) is 25.0 Å². The fraction of sp³-hybridized carbons (Fsp3) is 0.500. The van der Waals surface area contributed by atoms with Gasteiger partial charge in [0.15, 0.2) is 5.65 Å². The summed E-state index contributed by atoms with van der Waals surface area (Å²) in [6.45, 7) is 0.0980. The van der Waals surface area contributed by atoms with Gasteiger partial charge < -0.3 is 4.79 Å². The number of imidazole rings is 1. The van der Waals surface area contributed by atoms with Gasteiger partial charge in [0, 0.05) is 12.2 Å². The van der Waals surface area contributed by atoms with E-state index in [0.29, 0.717) is 5.65 Å². The maximum absolute atomic E-state index is 12.5. The van der Waals surface area contributed by atoms with Crippen molar-refractivity contribution in [1.29, 1.82) is 0 Å². The second kappa shape index (κ2) is 4.99. The summed E-state index contributed by atoms with van der Waals surface area (Å²) in [5.74, 6) is 0. The molecule has 0 radical (unpaired) electrons. The Morgan fingerprint density at radius 1 is 1.32 bits per heavy atom. The fourth-order valence-corrected chi connectivity index (χ4v) is 3.03. The minimum atomic E-state index is -0.104. The molecule has 1 aliphatic carbocycles. The van der Waals surface area contributed by atoms with Crippen LogP contribution in [0.1, 0.15) is 38.1 Å². The molecular formula is C14H17N3O2. The summed E-state index contributed by atoms with van der Waals surface area (Å²) in [4.78, 5) is 27.6. The SMILES string of the molecule is O=CCn1c(=O)n(C2CCCCC2)c2ncccc21. The lowest BCUT2D eigenvalue weighted by Gasteiger charge is -2.22. The summed E-state index contributed by atoms with van der Waals surface area (Å²) in [6, 6.07) is 3.88. The second-order valence-corrected chi connectivity index (χ2v) is 5.07. The van der Waals surface area contributed by atoms with Gasteiger partial charge in [0.25, 0.3) is 0 Å². The smallest absolute Gasteiger partial charge is 0.301 e. The highest BCUT2D eigenvalue weighted by Crippen LogP contribution is 2.29. The van der Waals surface area contributed by atoms with Crippen molar-refractivity contribution in [3.8, 4) is 0 Å². The summed E-state index contributed by atoms with van der Waals surface area (Å²) in [5, 5.41) is 0. The van der Waals surface area contributed by atoms with Crippen LogP contribution in [0.2, 0.25) is 0 Å². The molecule has 1 fully saturated rings. The van der Waals surface area contributed by atoms with Crippen LogP contribution in [0.5, 0.6) is 0 Å². The number of pyridine rings is 1. The van der Waals surface area contributed by atoms with E-state index in [-0.39, 0.29) is 18.3 Å². The van der Waals surface area contributed by atoms with Crippen LogP contribution >= 0.6 is 0 Å². The van der Waals surface area contributed by atoms with Gasteiger partial charge in [0.1, 0.15) is 6.29 Å². The molecule has 0 aromatic carbocycles. The monoisotopic (exact) mass is 259 g/mol. The Morgan fingerprint density at radius 2 is 2.11 bits per heavy atom. The minimum absolute atomic E-state index is 0.0980. The first-order chi connectivity index (χ1) is 9.33. The minimum Gasteiger partial charge on any atom is -0.301 e. The van der Waals surface area contributed by atoms with Crippen LogP contribution in [0.4, 0.5) is 0 Å². The normalized spacial score (nSPS) is 16.8. The molecule has 5 heteroatoms. The predicted molar refractivity (Wildman–Crippen MR) is 72.2 cm³/mol. The largest absolute Gasteiger partial charge is 0.330 e. The first-order valence-corrected chi connectivity index (χ1v) is 6.82. The second-order valence-electron chi connectivity index (χ2n) is 5.07. The van der Waals surface area contributed by atoms with Crippen molar-refractivity contribution >= 4 is 17.5 Å². The molecule has 0 saturated heterocycles. The zero-order valence-electron chi connectivity index (χ0n) is 10.8. The summed E-state index contributed by atoms with van der Waals surface area (Å²) in [7, 11) is 0. The van der Waals surface area contributed by atoms with E-state index in [4.69, 9.17) is 0 Å². The molecule has 5 nitrogen and oxygen atoms in total. The molecule has 19 heavy (non-hydrogen) atoms. The molecule has 0 N–H and O–H groups in total. The molecule has 2 heterocycles. The molecule has 1 saturated carbocycles. The van der Waals surface area contributed by atoms with Crippen LogP contribution in [-0.2, 0) is 11.3 Å². The van der Waals surface area contributed by atoms with E-state index < -0.39 is 0 Å². The van der Waals surface area contributed by atoms with Crippen molar-refractivity contribution in [2.75, 3.05) is 0 Å². The summed E-state index contributed by atoms with van der Waals surface area (Å²) in [5.41, 5.74) is 1.36. The Hall–Kier alpha value is -1.91. The third-order valence-electron chi connectivity index (χ3n) is 3.92. The molecule has 0 amide bonds. The molecule has 2 aromatic heterocycles. The van der Waals surface area contributed by atoms with Crippen LogP contribution in [0, 0.1) is 0 Å². The Kier molecular flexibility index (Phi) is 3.19. The number of aldehydes is 1. The van der Waals surface area contributed by atoms with Gasteiger partial charge in [0.2, 0.25) is 0 Å². The number of carbonyl (C=O) groups excluding carboxylic acids is 1. The van der Waals surface area contributed by atoms with Crippen LogP contribution < -0.4 is 5.69 Å².